The zero-order valence-electron chi connectivity index (χ0n) is 13.3. The molecule has 2 atom stereocenters. The molecule has 2 unspecified atom stereocenters. The number of halogens is 2. The summed E-state index contributed by atoms with van der Waals surface area (Å²) in [5, 5.41) is 8.16. The average molecular weight is 376 g/mol. The minimum Gasteiger partial charge on any atom is -0.344 e. The number of aromatic nitrogens is 1. The third kappa shape index (κ3) is 3.18. The second-order valence-corrected chi connectivity index (χ2v) is 7.03. The van der Waals surface area contributed by atoms with Crippen LogP contribution in [0.25, 0.3) is 0 Å². The fourth-order valence-corrected chi connectivity index (χ4v) is 3.73. The van der Waals surface area contributed by atoms with Gasteiger partial charge in [0.05, 0.1) is 6.04 Å². The molecule has 1 aromatic heterocycles. The lowest BCUT2D eigenvalue weighted by molar-refractivity contribution is 0.340. The highest BCUT2D eigenvalue weighted by molar-refractivity contribution is 7.11. The van der Waals surface area contributed by atoms with Crippen molar-refractivity contribution in [2.24, 2.45) is 4.99 Å². The Morgan fingerprint density at radius 1 is 1.36 bits per heavy atom. The van der Waals surface area contributed by atoms with Crippen molar-refractivity contribution in [3.63, 3.8) is 0 Å². The first kappa shape index (κ1) is 16.3. The molecular formula is C17H15ClFN5S. The summed E-state index contributed by atoms with van der Waals surface area (Å²) in [6, 6.07) is 4.06. The number of nitrogens with one attached hydrogen (secondary N) is 2. The van der Waals surface area contributed by atoms with Crippen molar-refractivity contribution in [1.29, 1.82) is 0 Å². The van der Waals surface area contributed by atoms with E-state index in [0.717, 1.165) is 16.1 Å². The molecule has 2 aliphatic heterocycles. The van der Waals surface area contributed by atoms with Crippen LogP contribution in [-0.4, -0.2) is 28.9 Å². The van der Waals surface area contributed by atoms with Crippen LogP contribution in [0, 0.1) is 5.82 Å². The highest BCUT2D eigenvalue weighted by Gasteiger charge is 2.30. The van der Waals surface area contributed by atoms with Gasteiger partial charge in [-0.3, -0.25) is 4.99 Å². The van der Waals surface area contributed by atoms with E-state index in [1.165, 1.54) is 23.5 Å². The van der Waals surface area contributed by atoms with Crippen molar-refractivity contribution in [3.8, 4) is 0 Å². The second kappa shape index (κ2) is 6.59. The zero-order valence-corrected chi connectivity index (χ0v) is 14.9. The molecule has 25 heavy (non-hydrogen) atoms. The van der Waals surface area contributed by atoms with Gasteiger partial charge in [0, 0.05) is 36.0 Å². The zero-order chi connectivity index (χ0) is 17.4. The van der Waals surface area contributed by atoms with E-state index in [0.29, 0.717) is 10.9 Å². The van der Waals surface area contributed by atoms with Gasteiger partial charge < -0.3 is 10.3 Å². The summed E-state index contributed by atoms with van der Waals surface area (Å²) >= 11 is 7.82. The maximum atomic E-state index is 13.5. The van der Waals surface area contributed by atoms with E-state index in [1.807, 2.05) is 35.9 Å². The highest BCUT2D eigenvalue weighted by atomic mass is 35.5. The SMILES string of the molecule is CN1C=CC(C2=CNC(c3nccs3)=NC2c2ccc(F)cc2Cl)N1. The number of aliphatic imine (C=N–C) groups is 1. The predicted octanol–water partition coefficient (Wildman–Crippen LogP) is 3.24. The Balaban J connectivity index is 1.76. The molecule has 2 aliphatic rings. The number of benzene rings is 1. The van der Waals surface area contributed by atoms with Gasteiger partial charge in [-0.15, -0.1) is 11.3 Å². The van der Waals surface area contributed by atoms with E-state index in [1.54, 1.807) is 12.3 Å². The first-order valence-electron chi connectivity index (χ1n) is 7.68. The molecule has 5 nitrogen and oxygen atoms in total. The van der Waals surface area contributed by atoms with Gasteiger partial charge in [0.15, 0.2) is 10.8 Å². The van der Waals surface area contributed by atoms with Gasteiger partial charge in [0.2, 0.25) is 0 Å². The quantitative estimate of drug-likeness (QED) is 0.864. The molecule has 0 saturated heterocycles. The predicted molar refractivity (Wildman–Crippen MR) is 97.8 cm³/mol. The van der Waals surface area contributed by atoms with Gasteiger partial charge >= 0.3 is 0 Å². The molecule has 8 heteroatoms. The summed E-state index contributed by atoms with van der Waals surface area (Å²) in [7, 11) is 1.93. The van der Waals surface area contributed by atoms with E-state index >= 15 is 0 Å². The molecule has 0 amide bonds. The molecular weight excluding hydrogens is 361 g/mol. The van der Waals surface area contributed by atoms with Gasteiger partial charge in [0.1, 0.15) is 11.9 Å². The van der Waals surface area contributed by atoms with Crippen molar-refractivity contribution in [2.45, 2.75) is 12.1 Å². The van der Waals surface area contributed by atoms with Crippen molar-refractivity contribution in [2.75, 3.05) is 7.05 Å². The van der Waals surface area contributed by atoms with Gasteiger partial charge in [-0.2, -0.15) is 0 Å². The number of nitrogens with zero attached hydrogens (tertiary/aromatic N) is 3. The number of thiazole rings is 1. The van der Waals surface area contributed by atoms with Crippen LogP contribution in [0.4, 0.5) is 4.39 Å². The molecule has 0 spiro atoms. The maximum Gasteiger partial charge on any atom is 0.162 e. The van der Waals surface area contributed by atoms with Crippen LogP contribution in [0.15, 0.2) is 58.8 Å². The minimum atomic E-state index is -0.365. The monoisotopic (exact) mass is 375 g/mol. The molecule has 0 saturated carbocycles. The van der Waals surface area contributed by atoms with E-state index < -0.39 is 0 Å². The third-order valence-electron chi connectivity index (χ3n) is 4.05. The number of hydrazine groups is 1. The van der Waals surface area contributed by atoms with Crippen LogP contribution in [0.5, 0.6) is 0 Å². The molecule has 0 radical (unpaired) electrons. The largest absolute Gasteiger partial charge is 0.344 e. The van der Waals surface area contributed by atoms with E-state index in [4.69, 9.17) is 16.6 Å². The molecule has 3 heterocycles. The minimum absolute atomic E-state index is 0.0229. The highest BCUT2D eigenvalue weighted by Crippen LogP contribution is 2.36. The topological polar surface area (TPSA) is 52.5 Å². The standard InChI is InChI=1S/C17H15ClFN5S/c1-24-6-4-14(23-24)12-9-21-16(17-20-5-7-25-17)22-15(12)11-3-2-10(19)8-13(11)18/h2-9,14-15,23H,1H3,(H,21,22). The van der Waals surface area contributed by atoms with Crippen LogP contribution in [0.3, 0.4) is 0 Å². The van der Waals surface area contributed by atoms with E-state index in [-0.39, 0.29) is 17.9 Å². The number of hydrogen-bond acceptors (Lipinski definition) is 6. The summed E-state index contributed by atoms with van der Waals surface area (Å²) in [5.74, 6) is 0.315. The molecule has 4 rings (SSSR count). The number of hydrogen-bond donors (Lipinski definition) is 2. The lowest BCUT2D eigenvalue weighted by Crippen LogP contribution is -2.38. The summed E-state index contributed by atoms with van der Waals surface area (Å²) in [5.41, 5.74) is 5.07. The molecule has 128 valence electrons. The van der Waals surface area contributed by atoms with Gasteiger partial charge in [-0.25, -0.2) is 14.8 Å². The van der Waals surface area contributed by atoms with Gasteiger partial charge in [0.25, 0.3) is 0 Å². The second-order valence-electron chi connectivity index (χ2n) is 5.73. The lowest BCUT2D eigenvalue weighted by Gasteiger charge is -2.28. The summed E-state index contributed by atoms with van der Waals surface area (Å²) in [6.07, 6.45) is 7.66. The fourth-order valence-electron chi connectivity index (χ4n) is 2.87. The Kier molecular flexibility index (Phi) is 4.29. The van der Waals surface area contributed by atoms with Crippen LogP contribution in [0.2, 0.25) is 5.02 Å². The van der Waals surface area contributed by atoms with Crippen LogP contribution >= 0.6 is 22.9 Å². The Bertz CT molecular complexity index is 877. The molecule has 0 aliphatic carbocycles. The normalized spacial score (nSPS) is 22.6. The fraction of sp³-hybridized carbons (Fsp3) is 0.176. The van der Waals surface area contributed by atoms with Crippen molar-refractivity contribution < 1.29 is 4.39 Å². The van der Waals surface area contributed by atoms with E-state index in [9.17, 15) is 4.39 Å². The molecule has 2 N–H and O–H groups in total. The summed E-state index contributed by atoms with van der Waals surface area (Å²) in [6.45, 7) is 0. The van der Waals surface area contributed by atoms with Crippen LogP contribution in [0.1, 0.15) is 16.6 Å². The smallest absolute Gasteiger partial charge is 0.162 e. The van der Waals surface area contributed by atoms with Crippen molar-refractivity contribution in [1.82, 2.24) is 20.7 Å². The first-order chi connectivity index (χ1) is 12.1. The Morgan fingerprint density at radius 3 is 2.92 bits per heavy atom. The Morgan fingerprint density at radius 2 is 2.24 bits per heavy atom. The van der Waals surface area contributed by atoms with E-state index in [2.05, 4.69) is 15.7 Å². The summed E-state index contributed by atoms with van der Waals surface area (Å²) < 4.78 is 13.5. The van der Waals surface area contributed by atoms with Crippen molar-refractivity contribution in [3.05, 3.63) is 75.2 Å². The van der Waals surface area contributed by atoms with Crippen LogP contribution < -0.4 is 10.7 Å². The van der Waals surface area contributed by atoms with Gasteiger partial charge in [-0.1, -0.05) is 17.7 Å². The summed E-state index contributed by atoms with van der Waals surface area (Å²) in [4.78, 5) is 9.13. The number of rotatable bonds is 3. The average Bonchev–Trinajstić information content (AvgIpc) is 3.26. The van der Waals surface area contributed by atoms with Crippen LogP contribution in [-0.2, 0) is 0 Å². The molecule has 1 aromatic carbocycles. The maximum absolute atomic E-state index is 13.5. The molecule has 0 fully saturated rings. The third-order valence-corrected chi connectivity index (χ3v) is 5.15. The Labute approximate surface area is 153 Å². The number of amidine groups is 1. The van der Waals surface area contributed by atoms with Gasteiger partial charge in [-0.05, 0) is 29.3 Å². The van der Waals surface area contributed by atoms with Crippen molar-refractivity contribution >= 4 is 28.8 Å². The molecule has 2 aromatic rings. The lowest BCUT2D eigenvalue weighted by atomic mass is 9.93. The molecule has 0 bridgehead atoms. The Hall–Kier alpha value is -2.22. The first-order valence-corrected chi connectivity index (χ1v) is 8.94.